The van der Waals surface area contributed by atoms with Gasteiger partial charge in [0.25, 0.3) is 0 Å². The highest BCUT2D eigenvalue weighted by atomic mass is 16.6. The van der Waals surface area contributed by atoms with E-state index in [1.807, 2.05) is 6.07 Å². The van der Waals surface area contributed by atoms with Gasteiger partial charge in [-0.1, -0.05) is 29.5 Å². The van der Waals surface area contributed by atoms with Crippen molar-refractivity contribution >= 4 is 24.6 Å². The molecule has 3 rings (SSSR count). The van der Waals surface area contributed by atoms with Crippen LogP contribution in [0.2, 0.25) is 0 Å². The zero-order chi connectivity index (χ0) is 20.5. The fraction of sp³-hybridized carbons (Fsp3) is 0.412. The van der Waals surface area contributed by atoms with Gasteiger partial charge in [-0.3, -0.25) is 0 Å². The first kappa shape index (κ1) is 19.8. The number of carbonyl (C=O) groups excluding carboxylic acids is 1. The van der Waals surface area contributed by atoms with Gasteiger partial charge in [0, 0.05) is 0 Å². The topological polar surface area (TPSA) is 136 Å². The van der Waals surface area contributed by atoms with E-state index < -0.39 is 36.9 Å². The summed E-state index contributed by atoms with van der Waals surface area (Å²) in [6.45, 7) is 4.84. The van der Waals surface area contributed by atoms with Crippen molar-refractivity contribution in [3.8, 4) is 0 Å². The minimum Gasteiger partial charge on any atom is -0.480 e. The molecule has 2 atom stereocenters. The van der Waals surface area contributed by atoms with Gasteiger partial charge in [-0.2, -0.15) is 0 Å². The molecule has 0 saturated carbocycles. The number of hydrogen-bond acceptors (Lipinski definition) is 7. The first-order valence-corrected chi connectivity index (χ1v) is 8.69. The fourth-order valence-corrected chi connectivity index (χ4v) is 2.90. The Balaban J connectivity index is 1.79. The lowest BCUT2D eigenvalue weighted by atomic mass is 9.79. The van der Waals surface area contributed by atoms with Crippen molar-refractivity contribution < 1.29 is 29.1 Å². The van der Waals surface area contributed by atoms with Crippen LogP contribution < -0.4 is 10.8 Å². The molecule has 2 heterocycles. The fourth-order valence-electron chi connectivity index (χ4n) is 2.90. The molecule has 1 aromatic heterocycles. The number of aromatic nitrogens is 3. The van der Waals surface area contributed by atoms with Gasteiger partial charge in [-0.05, 0) is 31.8 Å². The molecule has 0 bridgehead atoms. The number of hydrogen-bond donors (Lipinski definition) is 3. The van der Waals surface area contributed by atoms with Crippen molar-refractivity contribution in [1.29, 1.82) is 0 Å². The first-order valence-electron chi connectivity index (χ1n) is 8.69. The SMILES string of the molecule is CC(C)(C)OC(=O)N[C@@H](Cn1nncc1C1OB(O)c2ccccc21)C(=O)O. The molecule has 0 fully saturated rings. The first-order chi connectivity index (χ1) is 13.2. The molecule has 1 unspecified atom stereocenters. The number of ether oxygens (including phenoxy) is 1. The van der Waals surface area contributed by atoms with Gasteiger partial charge < -0.3 is 24.8 Å². The van der Waals surface area contributed by atoms with Crippen LogP contribution >= 0.6 is 0 Å². The van der Waals surface area contributed by atoms with Gasteiger partial charge in [0.15, 0.2) is 0 Å². The van der Waals surface area contributed by atoms with Gasteiger partial charge in [0.05, 0.1) is 18.4 Å². The lowest BCUT2D eigenvalue weighted by Gasteiger charge is -2.22. The van der Waals surface area contributed by atoms with Gasteiger partial charge in [0.2, 0.25) is 0 Å². The molecule has 0 aliphatic carbocycles. The van der Waals surface area contributed by atoms with E-state index in [-0.39, 0.29) is 6.54 Å². The third-order valence-electron chi connectivity index (χ3n) is 4.07. The number of benzene rings is 1. The molecular formula is C17H21BN4O6. The molecule has 0 spiro atoms. The van der Waals surface area contributed by atoms with E-state index in [9.17, 15) is 19.7 Å². The molecule has 28 heavy (non-hydrogen) atoms. The molecule has 3 N–H and O–H groups in total. The standard InChI is InChI=1S/C17H21BN4O6/c1-17(2,3)27-16(25)20-12(15(23)24)9-22-13(8-19-21-22)14-10-6-4-5-7-11(10)18(26)28-14/h4-8,12,14,26H,9H2,1-3H3,(H,20,25)(H,23,24)/t12-,14?/m0/s1. The highest BCUT2D eigenvalue weighted by Crippen LogP contribution is 2.29. The molecular weight excluding hydrogens is 367 g/mol. The second-order valence-corrected chi connectivity index (χ2v) is 7.38. The Bertz CT molecular complexity index is 881. The summed E-state index contributed by atoms with van der Waals surface area (Å²) < 4.78 is 12.0. The molecule has 1 amide bonds. The van der Waals surface area contributed by atoms with Crippen molar-refractivity contribution in [2.45, 2.75) is 45.1 Å². The summed E-state index contributed by atoms with van der Waals surface area (Å²) in [5.41, 5.74) is 1.07. The number of amides is 1. The second kappa shape index (κ2) is 7.60. The maximum absolute atomic E-state index is 12.0. The van der Waals surface area contributed by atoms with Crippen molar-refractivity contribution in [2.75, 3.05) is 0 Å². The number of nitrogens with zero attached hydrogens (tertiary/aromatic N) is 3. The lowest BCUT2D eigenvalue weighted by Crippen LogP contribution is -2.46. The summed E-state index contributed by atoms with van der Waals surface area (Å²) >= 11 is 0. The van der Waals surface area contributed by atoms with Crippen LogP contribution in [0.5, 0.6) is 0 Å². The van der Waals surface area contributed by atoms with E-state index in [1.54, 1.807) is 39.0 Å². The molecule has 0 saturated heterocycles. The Labute approximate surface area is 161 Å². The Morgan fingerprint density at radius 2 is 2.11 bits per heavy atom. The zero-order valence-corrected chi connectivity index (χ0v) is 15.7. The number of carboxylic acid groups (broad SMARTS) is 1. The molecule has 1 aliphatic heterocycles. The quantitative estimate of drug-likeness (QED) is 0.612. The molecule has 10 nitrogen and oxygen atoms in total. The van der Waals surface area contributed by atoms with Gasteiger partial charge in [0.1, 0.15) is 17.7 Å². The molecule has 1 aromatic carbocycles. The number of nitrogens with one attached hydrogen (secondary N) is 1. The third-order valence-corrected chi connectivity index (χ3v) is 4.07. The van der Waals surface area contributed by atoms with Crippen molar-refractivity contribution in [2.24, 2.45) is 0 Å². The van der Waals surface area contributed by atoms with Crippen molar-refractivity contribution in [3.63, 3.8) is 0 Å². The molecule has 148 valence electrons. The highest BCUT2D eigenvalue weighted by molar-refractivity contribution is 6.61. The average molecular weight is 388 g/mol. The third kappa shape index (κ3) is 4.31. The molecule has 0 radical (unpaired) electrons. The van der Waals surface area contributed by atoms with E-state index in [2.05, 4.69) is 15.6 Å². The van der Waals surface area contributed by atoms with Crippen LogP contribution in [0.15, 0.2) is 30.5 Å². The number of rotatable bonds is 5. The maximum atomic E-state index is 12.0. The van der Waals surface area contributed by atoms with E-state index >= 15 is 0 Å². The number of alkyl carbamates (subject to hydrolysis) is 1. The van der Waals surface area contributed by atoms with E-state index in [0.29, 0.717) is 11.2 Å². The Kier molecular flexibility index (Phi) is 5.39. The van der Waals surface area contributed by atoms with Crippen LogP contribution in [-0.4, -0.2) is 55.9 Å². The Morgan fingerprint density at radius 1 is 1.39 bits per heavy atom. The minimum absolute atomic E-state index is 0.192. The summed E-state index contributed by atoms with van der Waals surface area (Å²) in [7, 11) is -1.10. The van der Waals surface area contributed by atoms with Crippen LogP contribution in [0.1, 0.15) is 38.1 Å². The number of fused-ring (bicyclic) bond motifs is 1. The number of carbonyl (C=O) groups is 2. The maximum Gasteiger partial charge on any atom is 0.492 e. The summed E-state index contributed by atoms with van der Waals surface area (Å²) in [6.07, 6.45) is -0.0667. The van der Waals surface area contributed by atoms with E-state index in [0.717, 1.165) is 5.56 Å². The molecule has 1 aliphatic rings. The van der Waals surface area contributed by atoms with Crippen LogP contribution in [0.4, 0.5) is 4.79 Å². The lowest BCUT2D eigenvalue weighted by molar-refractivity contribution is -0.140. The number of carboxylic acids is 1. The van der Waals surface area contributed by atoms with Crippen LogP contribution in [0.3, 0.4) is 0 Å². The average Bonchev–Trinajstić information content (AvgIpc) is 3.17. The highest BCUT2D eigenvalue weighted by Gasteiger charge is 2.38. The van der Waals surface area contributed by atoms with Crippen molar-refractivity contribution in [1.82, 2.24) is 20.3 Å². The monoisotopic (exact) mass is 388 g/mol. The van der Waals surface area contributed by atoms with E-state index in [4.69, 9.17) is 9.39 Å². The van der Waals surface area contributed by atoms with Gasteiger partial charge in [-0.15, -0.1) is 5.10 Å². The predicted octanol–water partition coefficient (Wildman–Crippen LogP) is 0.0631. The summed E-state index contributed by atoms with van der Waals surface area (Å²) in [5, 5.41) is 29.6. The Morgan fingerprint density at radius 3 is 2.79 bits per heavy atom. The van der Waals surface area contributed by atoms with Gasteiger partial charge >= 0.3 is 19.2 Å². The molecule has 11 heteroatoms. The van der Waals surface area contributed by atoms with Crippen LogP contribution in [0.25, 0.3) is 0 Å². The summed E-state index contributed by atoms with van der Waals surface area (Å²) in [4.78, 5) is 23.6. The van der Waals surface area contributed by atoms with Crippen LogP contribution in [-0.2, 0) is 20.7 Å². The largest absolute Gasteiger partial charge is 0.492 e. The minimum atomic E-state index is -1.29. The summed E-state index contributed by atoms with van der Waals surface area (Å²) in [5.74, 6) is -1.25. The number of aliphatic carboxylic acids is 1. The Hall–Kier alpha value is -2.92. The van der Waals surface area contributed by atoms with Crippen molar-refractivity contribution in [3.05, 3.63) is 41.7 Å². The zero-order valence-electron chi connectivity index (χ0n) is 15.7. The second-order valence-electron chi connectivity index (χ2n) is 7.38. The normalized spacial score (nSPS) is 17.1. The smallest absolute Gasteiger partial charge is 0.480 e. The van der Waals surface area contributed by atoms with Crippen LogP contribution in [0, 0.1) is 0 Å². The summed E-state index contributed by atoms with van der Waals surface area (Å²) in [6, 6.07) is 5.86. The molecule has 2 aromatic rings. The van der Waals surface area contributed by atoms with Gasteiger partial charge in [-0.25, -0.2) is 14.3 Å². The van der Waals surface area contributed by atoms with E-state index in [1.165, 1.54) is 10.9 Å². The predicted molar refractivity (Wildman–Crippen MR) is 97.8 cm³/mol.